The van der Waals surface area contributed by atoms with Crippen molar-refractivity contribution in [2.75, 3.05) is 11.9 Å². The Kier molecular flexibility index (Phi) is 4.56. The Balaban J connectivity index is 2.90. The summed E-state index contributed by atoms with van der Waals surface area (Å²) in [5, 5.41) is 3.30. The maximum absolute atomic E-state index is 5.66. The van der Waals surface area contributed by atoms with Crippen LogP contribution in [0, 0.1) is 0 Å². The minimum absolute atomic E-state index is 0.443. The molecular formula is C12H21N3. The number of anilines is 1. The minimum Gasteiger partial charge on any atom is -0.370 e. The third-order valence-corrected chi connectivity index (χ3v) is 2.29. The van der Waals surface area contributed by atoms with Crippen molar-refractivity contribution in [1.82, 2.24) is 4.98 Å². The topological polar surface area (TPSA) is 50.9 Å². The summed E-state index contributed by atoms with van der Waals surface area (Å²) in [6, 6.07) is 4.11. The SMILES string of the molecule is CCCNc1cc(CN)cc(C(C)C)n1. The van der Waals surface area contributed by atoms with Crippen molar-refractivity contribution in [2.45, 2.75) is 39.7 Å². The summed E-state index contributed by atoms with van der Waals surface area (Å²) in [4.78, 5) is 4.55. The molecule has 0 spiro atoms. The molecule has 84 valence electrons. The minimum atomic E-state index is 0.443. The summed E-state index contributed by atoms with van der Waals surface area (Å²) in [6.45, 7) is 7.96. The second-order valence-electron chi connectivity index (χ2n) is 4.07. The van der Waals surface area contributed by atoms with E-state index >= 15 is 0 Å². The summed E-state index contributed by atoms with van der Waals surface area (Å²) >= 11 is 0. The molecule has 1 aromatic heterocycles. The molecule has 0 saturated carbocycles. The number of aromatic nitrogens is 1. The molecule has 0 aliphatic carbocycles. The summed E-state index contributed by atoms with van der Waals surface area (Å²) in [5.41, 5.74) is 7.91. The molecule has 0 radical (unpaired) electrons. The quantitative estimate of drug-likeness (QED) is 0.780. The van der Waals surface area contributed by atoms with Crippen LogP contribution in [0.25, 0.3) is 0 Å². The summed E-state index contributed by atoms with van der Waals surface area (Å²) in [7, 11) is 0. The highest BCUT2D eigenvalue weighted by Gasteiger charge is 2.04. The largest absolute Gasteiger partial charge is 0.370 e. The number of nitrogens with two attached hydrogens (primary N) is 1. The molecule has 0 aliphatic rings. The number of rotatable bonds is 5. The number of nitrogens with zero attached hydrogens (tertiary/aromatic N) is 1. The van der Waals surface area contributed by atoms with Crippen LogP contribution >= 0.6 is 0 Å². The molecule has 0 aromatic carbocycles. The van der Waals surface area contributed by atoms with Crippen LogP contribution in [0.4, 0.5) is 5.82 Å². The van der Waals surface area contributed by atoms with E-state index in [1.165, 1.54) is 0 Å². The lowest BCUT2D eigenvalue weighted by Gasteiger charge is -2.11. The normalized spacial score (nSPS) is 10.7. The highest BCUT2D eigenvalue weighted by Crippen LogP contribution is 2.17. The molecule has 15 heavy (non-hydrogen) atoms. The molecule has 1 rings (SSSR count). The summed E-state index contributed by atoms with van der Waals surface area (Å²) in [5.74, 6) is 1.39. The van der Waals surface area contributed by atoms with Gasteiger partial charge in [-0.25, -0.2) is 4.98 Å². The van der Waals surface area contributed by atoms with E-state index in [1.807, 2.05) is 6.07 Å². The lowest BCUT2D eigenvalue weighted by atomic mass is 10.1. The van der Waals surface area contributed by atoms with Crippen molar-refractivity contribution in [3.05, 3.63) is 23.4 Å². The molecule has 0 saturated heterocycles. The third-order valence-electron chi connectivity index (χ3n) is 2.29. The van der Waals surface area contributed by atoms with Gasteiger partial charge in [0.05, 0.1) is 0 Å². The van der Waals surface area contributed by atoms with Crippen molar-refractivity contribution in [3.63, 3.8) is 0 Å². The molecule has 0 unspecified atom stereocenters. The smallest absolute Gasteiger partial charge is 0.126 e. The molecule has 0 aliphatic heterocycles. The van der Waals surface area contributed by atoms with Crippen molar-refractivity contribution in [1.29, 1.82) is 0 Å². The summed E-state index contributed by atoms with van der Waals surface area (Å²) in [6.07, 6.45) is 1.10. The van der Waals surface area contributed by atoms with Gasteiger partial charge in [-0.1, -0.05) is 20.8 Å². The fourth-order valence-corrected chi connectivity index (χ4v) is 1.37. The van der Waals surface area contributed by atoms with E-state index in [0.29, 0.717) is 12.5 Å². The van der Waals surface area contributed by atoms with E-state index in [1.54, 1.807) is 0 Å². The third kappa shape index (κ3) is 3.51. The van der Waals surface area contributed by atoms with Crippen molar-refractivity contribution in [2.24, 2.45) is 5.73 Å². The molecule has 1 heterocycles. The standard InChI is InChI=1S/C12H21N3/c1-4-5-14-12-7-10(8-13)6-11(15-12)9(2)3/h6-7,9H,4-5,8,13H2,1-3H3,(H,14,15). The maximum atomic E-state index is 5.66. The molecule has 0 atom stereocenters. The van der Waals surface area contributed by atoms with Crippen LogP contribution < -0.4 is 11.1 Å². The van der Waals surface area contributed by atoms with E-state index in [9.17, 15) is 0 Å². The number of hydrogen-bond donors (Lipinski definition) is 2. The molecule has 0 amide bonds. The first-order chi connectivity index (χ1) is 7.17. The number of hydrogen-bond acceptors (Lipinski definition) is 3. The molecule has 1 aromatic rings. The number of nitrogens with one attached hydrogen (secondary N) is 1. The zero-order valence-corrected chi connectivity index (χ0v) is 9.88. The Morgan fingerprint density at radius 3 is 2.67 bits per heavy atom. The van der Waals surface area contributed by atoms with Gasteiger partial charge in [-0.05, 0) is 30.0 Å². The average Bonchev–Trinajstić information content (AvgIpc) is 2.25. The molecule has 0 fully saturated rings. The lowest BCUT2D eigenvalue weighted by molar-refractivity contribution is 0.815. The first-order valence-corrected chi connectivity index (χ1v) is 5.62. The van der Waals surface area contributed by atoms with Crippen LogP contribution in [-0.4, -0.2) is 11.5 Å². The van der Waals surface area contributed by atoms with Crippen LogP contribution in [0.5, 0.6) is 0 Å². The van der Waals surface area contributed by atoms with Gasteiger partial charge in [0.15, 0.2) is 0 Å². The second-order valence-corrected chi connectivity index (χ2v) is 4.07. The molecule has 3 N–H and O–H groups in total. The zero-order valence-electron chi connectivity index (χ0n) is 9.88. The summed E-state index contributed by atoms with van der Waals surface area (Å²) < 4.78 is 0. The molecule has 3 heteroatoms. The first-order valence-electron chi connectivity index (χ1n) is 5.62. The predicted molar refractivity (Wildman–Crippen MR) is 65.0 cm³/mol. The van der Waals surface area contributed by atoms with Crippen LogP contribution in [0.15, 0.2) is 12.1 Å². The van der Waals surface area contributed by atoms with E-state index in [-0.39, 0.29) is 0 Å². The van der Waals surface area contributed by atoms with E-state index in [0.717, 1.165) is 30.0 Å². The van der Waals surface area contributed by atoms with Crippen LogP contribution in [-0.2, 0) is 6.54 Å². The van der Waals surface area contributed by atoms with Gasteiger partial charge in [0.1, 0.15) is 5.82 Å². The highest BCUT2D eigenvalue weighted by atomic mass is 15.0. The van der Waals surface area contributed by atoms with Gasteiger partial charge in [0.25, 0.3) is 0 Å². The van der Waals surface area contributed by atoms with Gasteiger partial charge in [-0.2, -0.15) is 0 Å². The van der Waals surface area contributed by atoms with Gasteiger partial charge >= 0.3 is 0 Å². The first kappa shape index (κ1) is 12.0. The Hall–Kier alpha value is -1.09. The van der Waals surface area contributed by atoms with Crippen LogP contribution in [0.1, 0.15) is 44.4 Å². The Morgan fingerprint density at radius 2 is 2.13 bits per heavy atom. The van der Waals surface area contributed by atoms with Crippen molar-refractivity contribution >= 4 is 5.82 Å². The Bertz CT molecular complexity index is 308. The van der Waals surface area contributed by atoms with Crippen molar-refractivity contribution in [3.8, 4) is 0 Å². The van der Waals surface area contributed by atoms with Crippen LogP contribution in [0.3, 0.4) is 0 Å². The molecule has 3 nitrogen and oxygen atoms in total. The van der Waals surface area contributed by atoms with E-state index in [4.69, 9.17) is 5.73 Å². The van der Waals surface area contributed by atoms with Crippen molar-refractivity contribution < 1.29 is 0 Å². The fraction of sp³-hybridized carbons (Fsp3) is 0.583. The predicted octanol–water partition coefficient (Wildman–Crippen LogP) is 2.49. The van der Waals surface area contributed by atoms with Gasteiger partial charge in [0, 0.05) is 18.8 Å². The van der Waals surface area contributed by atoms with E-state index < -0.39 is 0 Å². The zero-order chi connectivity index (χ0) is 11.3. The van der Waals surface area contributed by atoms with E-state index in [2.05, 4.69) is 37.1 Å². The lowest BCUT2D eigenvalue weighted by Crippen LogP contribution is -2.07. The monoisotopic (exact) mass is 207 g/mol. The maximum Gasteiger partial charge on any atom is 0.126 e. The second kappa shape index (κ2) is 5.71. The fourth-order valence-electron chi connectivity index (χ4n) is 1.37. The Morgan fingerprint density at radius 1 is 1.40 bits per heavy atom. The van der Waals surface area contributed by atoms with Gasteiger partial charge in [-0.15, -0.1) is 0 Å². The van der Waals surface area contributed by atoms with Crippen LogP contribution in [0.2, 0.25) is 0 Å². The number of pyridine rings is 1. The highest BCUT2D eigenvalue weighted by molar-refractivity contribution is 5.40. The Labute approximate surface area is 92.1 Å². The van der Waals surface area contributed by atoms with Gasteiger partial charge in [0.2, 0.25) is 0 Å². The molecule has 0 bridgehead atoms. The van der Waals surface area contributed by atoms with Gasteiger partial charge < -0.3 is 11.1 Å². The average molecular weight is 207 g/mol. The van der Waals surface area contributed by atoms with Gasteiger partial charge in [-0.3, -0.25) is 0 Å². The molecular weight excluding hydrogens is 186 g/mol.